The summed E-state index contributed by atoms with van der Waals surface area (Å²) in [7, 11) is 4.13. The molecule has 32 nitrogen and oxygen atoms in total. The van der Waals surface area contributed by atoms with Gasteiger partial charge < -0.3 is 96.6 Å². The number of amides is 3. The number of aromatic hydroxyl groups is 6. The Hall–Kier alpha value is -11.7. The molecule has 1 aliphatic rings. The predicted molar refractivity (Wildman–Crippen MR) is 420 cm³/mol. The zero-order chi connectivity index (χ0) is 85.6. The van der Waals surface area contributed by atoms with Gasteiger partial charge in [0.05, 0.1) is 0 Å². The molecule has 3 amide bonds. The van der Waals surface area contributed by atoms with Gasteiger partial charge >= 0.3 is 54.1 Å². The number of rotatable bonds is 18. The van der Waals surface area contributed by atoms with E-state index in [9.17, 15) is 73.5 Å². The summed E-state index contributed by atoms with van der Waals surface area (Å²) < 4.78 is 25.0. The summed E-state index contributed by atoms with van der Waals surface area (Å²) in [5, 5.41) is 102. The lowest BCUT2D eigenvalue weighted by Gasteiger charge is -2.28. The van der Waals surface area contributed by atoms with Gasteiger partial charge in [0.15, 0.2) is 24.9 Å². The molecule has 0 aromatic heterocycles. The summed E-state index contributed by atoms with van der Waals surface area (Å²) in [6.07, 6.45) is -2.06. The van der Waals surface area contributed by atoms with E-state index in [4.69, 9.17) is 61.1 Å². The summed E-state index contributed by atoms with van der Waals surface area (Å²) >= 11 is 0. The van der Waals surface area contributed by atoms with Crippen molar-refractivity contribution in [3.63, 3.8) is 0 Å². The van der Waals surface area contributed by atoms with Crippen molar-refractivity contribution in [2.75, 3.05) is 27.9 Å². The van der Waals surface area contributed by atoms with Crippen LogP contribution in [0, 0.1) is 0 Å². The topological polar surface area (TPSA) is 513 Å². The van der Waals surface area contributed by atoms with Crippen molar-refractivity contribution in [1.29, 1.82) is 0 Å². The van der Waals surface area contributed by atoms with E-state index < -0.39 is 107 Å². The van der Waals surface area contributed by atoms with Crippen molar-refractivity contribution in [3.8, 4) is 34.5 Å². The van der Waals surface area contributed by atoms with Crippen molar-refractivity contribution >= 4 is 69.4 Å². The minimum Gasteiger partial charge on any atom is -0.508 e. The smallest absolute Gasteiger partial charge is 0.414 e. The minimum atomic E-state index is -1.18. The fraction of sp³-hybridized carbons (Fsp3) is 0.418. The Morgan fingerprint density at radius 2 is 0.750 bits per heavy atom. The Balaban J connectivity index is 0. The number of aliphatic carboxylic acids is 5. The monoisotopic (exact) mass is 1590 g/mol. The van der Waals surface area contributed by atoms with Gasteiger partial charge in [-0.1, -0.05) is 119 Å². The third-order valence-electron chi connectivity index (χ3n) is 14.7. The Kier molecular flexibility index (Phi) is 44.6. The lowest BCUT2D eigenvalue weighted by atomic mass is 10.1. The second-order valence-corrected chi connectivity index (χ2v) is 32.4. The zero-order valence-electron chi connectivity index (χ0n) is 65.8. The average Bonchev–Trinajstić information content (AvgIpc) is 1.64. The van der Waals surface area contributed by atoms with Crippen LogP contribution in [0.4, 0.5) is 14.4 Å². The highest BCUT2D eigenvalue weighted by molar-refractivity contribution is 6.58. The van der Waals surface area contributed by atoms with Crippen molar-refractivity contribution < 1.29 is 128 Å². The third kappa shape index (κ3) is 40.1. The lowest BCUT2D eigenvalue weighted by Crippen LogP contribution is -2.39. The number of nitrogens with two attached hydrogens (primary N) is 2. The summed E-state index contributed by atoms with van der Waals surface area (Å²) in [6, 6.07) is 33.5. The van der Waals surface area contributed by atoms with E-state index in [2.05, 4.69) is 30.8 Å². The molecule has 6 atom stereocenters. The highest BCUT2D eigenvalue weighted by Crippen LogP contribution is 2.31. The number of carbonyl (C=O) groups is 10. The molecule has 1 aliphatic heterocycles. The number of phenolic OH excluding ortho intramolecular Hbond substituents is 6. The number of nitrogens with one attached hydrogen (secondary N) is 1. The maximum absolute atomic E-state index is 12.1. The van der Waals surface area contributed by atoms with E-state index >= 15 is 0 Å². The molecule has 620 valence electrons. The van der Waals surface area contributed by atoms with Crippen LogP contribution in [0.2, 0.25) is 18.1 Å². The van der Waals surface area contributed by atoms with Crippen molar-refractivity contribution in [3.05, 3.63) is 179 Å². The highest BCUT2D eigenvalue weighted by Gasteiger charge is 2.41. The van der Waals surface area contributed by atoms with Gasteiger partial charge in [0.1, 0.15) is 75.0 Å². The molecule has 6 aromatic rings. The molecule has 0 bridgehead atoms. The molecule has 0 aliphatic carbocycles. The van der Waals surface area contributed by atoms with Crippen LogP contribution in [-0.4, -0.2) is 191 Å². The van der Waals surface area contributed by atoms with E-state index in [1.807, 2.05) is 20.8 Å². The van der Waals surface area contributed by atoms with Crippen LogP contribution in [0.15, 0.2) is 146 Å². The molecule has 1 fully saturated rings. The van der Waals surface area contributed by atoms with Crippen LogP contribution in [0.5, 0.6) is 34.5 Å². The summed E-state index contributed by atoms with van der Waals surface area (Å²) in [6.45, 7) is 28.2. The standard InChI is InChI=1S/C14H17NO5.2C14H19NO5.C9H11NO3.2C8H9NO3.C6H16Si.C5H10O2.CH4/c1-14(2,3)20-13(18)15-8-19-12(17)11(15)9-4-6-10(16)7-5-9;2*1-14(2,3)20-13(19)15(4)11(12(17)18)9-5-7-10(16)8-6-9;1-10-8(9(12)13)6-2-4-7(11)5-3-6;2*9-7(8(11)12)5-1-3-6(10)4-2-5;1-4-7(5-2)6-3;1-5(2,3)7-4-6;/h4-7,11,16H,8H2,1-3H3;2*5-8,11,16H,1-4H3,(H,17,18);2-5,8,10-11H,1H3,(H,12,13);2*1-4,7,10H,9H2,(H,11,12);7H,4-6H2,1-3H3;4H,1-3H3;1H4/t3*11-;8-;2*7-;;;/m000000.../s1. The minimum absolute atomic E-state index is 0. The number of nitrogens with zero attached hydrogens (tertiary/aromatic N) is 3. The first kappa shape index (κ1) is 102. The number of carboxylic acid groups (broad SMARTS) is 5. The van der Waals surface area contributed by atoms with Crippen LogP contribution in [-0.2, 0) is 57.2 Å². The number of carboxylic acids is 5. The third-order valence-corrected chi connectivity index (χ3v) is 18.1. The number of ether oxygens (including phenoxy) is 5. The van der Waals surface area contributed by atoms with Gasteiger partial charge in [-0.3, -0.25) is 33.9 Å². The fourth-order valence-electron chi connectivity index (χ4n) is 8.88. The first-order valence-corrected chi connectivity index (χ1v) is 37.0. The molecule has 0 radical (unpaired) electrons. The number of cyclic esters (lactones) is 1. The van der Waals surface area contributed by atoms with Gasteiger partial charge in [-0.05, 0) is 196 Å². The number of benzene rings is 6. The molecule has 16 N–H and O–H groups in total. The molecular formula is C79H114N6O26Si. The molecule has 0 unspecified atom stereocenters. The molecular weight excluding hydrogens is 1480 g/mol. The Labute approximate surface area is 655 Å². The number of esters is 1. The maximum Gasteiger partial charge on any atom is 0.414 e. The zero-order valence-corrected chi connectivity index (χ0v) is 67.0. The summed E-state index contributed by atoms with van der Waals surface area (Å²) in [5.41, 5.74) is 11.1. The molecule has 33 heteroatoms. The number of likely N-dealkylation sites (N-methyl/N-ethyl adjacent to an activating group) is 3. The van der Waals surface area contributed by atoms with Crippen LogP contribution in [0.25, 0.3) is 0 Å². The highest BCUT2D eigenvalue weighted by atomic mass is 28.3. The molecule has 0 saturated carbocycles. The Morgan fingerprint density at radius 3 is 0.964 bits per heavy atom. The van der Waals surface area contributed by atoms with Crippen LogP contribution in [0.3, 0.4) is 0 Å². The van der Waals surface area contributed by atoms with Crippen LogP contribution in [0.1, 0.15) is 181 Å². The predicted octanol–water partition coefficient (Wildman–Crippen LogP) is 12.5. The summed E-state index contributed by atoms with van der Waals surface area (Å²) in [5.74, 6) is -5.51. The number of phenols is 6. The first-order chi connectivity index (χ1) is 51.3. The normalized spacial score (nSPS) is 13.3. The van der Waals surface area contributed by atoms with Gasteiger partial charge in [-0.2, -0.15) is 0 Å². The number of carbonyl (C=O) groups excluding carboxylic acids is 5. The molecule has 112 heavy (non-hydrogen) atoms. The lowest BCUT2D eigenvalue weighted by molar-refractivity contribution is -0.143. The SMILES string of the molecule is C.CC(C)(C)OC(=O)N1COC(=O)[C@@H]1c1ccc(O)cc1.CC(C)(C)OC=O.CC[SiH](CC)CC.CN(C(=O)OC(C)(C)C)[C@H](C(=O)O)c1ccc(O)cc1.CN(C(=O)OC(C)(C)C)[C@H](C(=O)O)c1ccc(O)cc1.CN[C@H](C(=O)O)c1ccc(O)cc1.N[C@H](C(=O)O)c1ccc(O)cc1.N[C@H](C(=O)O)c1ccc(O)cc1. The molecule has 6 aromatic carbocycles. The first-order valence-electron chi connectivity index (χ1n) is 34.5. The molecule has 1 heterocycles. The van der Waals surface area contributed by atoms with Crippen molar-refractivity contribution in [1.82, 2.24) is 20.0 Å². The van der Waals surface area contributed by atoms with E-state index in [-0.39, 0.29) is 63.1 Å². The van der Waals surface area contributed by atoms with Gasteiger partial charge in [-0.25, -0.2) is 28.8 Å². The largest absolute Gasteiger partial charge is 0.508 e. The van der Waals surface area contributed by atoms with E-state index in [0.29, 0.717) is 39.9 Å². The molecule has 1 saturated heterocycles. The molecule has 7 rings (SSSR count). The summed E-state index contributed by atoms with van der Waals surface area (Å²) in [4.78, 5) is 115. The maximum atomic E-state index is 12.1. The second-order valence-electron chi connectivity index (χ2n) is 28.3. The van der Waals surface area contributed by atoms with Crippen LogP contribution >= 0.6 is 0 Å². The van der Waals surface area contributed by atoms with Gasteiger partial charge in [0.25, 0.3) is 6.47 Å². The van der Waals surface area contributed by atoms with Crippen LogP contribution < -0.4 is 16.8 Å². The molecule has 0 spiro atoms. The van der Waals surface area contributed by atoms with Crippen molar-refractivity contribution in [2.24, 2.45) is 11.5 Å². The van der Waals surface area contributed by atoms with Gasteiger partial charge in [0.2, 0.25) is 0 Å². The van der Waals surface area contributed by atoms with E-state index in [1.165, 1.54) is 158 Å². The Morgan fingerprint density at radius 1 is 0.473 bits per heavy atom. The van der Waals surface area contributed by atoms with Gasteiger partial charge in [0, 0.05) is 22.9 Å². The van der Waals surface area contributed by atoms with E-state index in [0.717, 1.165) is 9.80 Å². The number of hydrogen-bond acceptors (Lipinski definition) is 24. The average molecular weight is 1590 g/mol. The van der Waals surface area contributed by atoms with Crippen molar-refractivity contribution in [2.45, 2.75) is 188 Å². The van der Waals surface area contributed by atoms with E-state index in [1.54, 1.807) is 93.6 Å². The Bertz CT molecular complexity index is 3640. The quantitative estimate of drug-likeness (QED) is 0.0164. The second kappa shape index (κ2) is 48.8. The van der Waals surface area contributed by atoms with Gasteiger partial charge in [-0.15, -0.1) is 0 Å². The fourth-order valence-corrected chi connectivity index (χ4v) is 10.6. The number of hydrogen-bond donors (Lipinski definition) is 14.